The summed E-state index contributed by atoms with van der Waals surface area (Å²) in [7, 11) is 0. The van der Waals surface area contributed by atoms with Crippen LogP contribution < -0.4 is 15.7 Å². The molecule has 3 rings (SSSR count). The molecule has 6 nitrogen and oxygen atoms in total. The molecule has 1 atom stereocenters. The molecule has 1 amide bonds. The van der Waals surface area contributed by atoms with Crippen LogP contribution in [0.2, 0.25) is 0 Å². The molecule has 1 unspecified atom stereocenters. The average molecular weight is 387 g/mol. The summed E-state index contributed by atoms with van der Waals surface area (Å²) in [4.78, 5) is 24.4. The van der Waals surface area contributed by atoms with Gasteiger partial charge in [0.1, 0.15) is 11.3 Å². The number of ether oxygens (including phenoxy) is 1. The second kappa shape index (κ2) is 8.78. The molecular formula is C22H29NO5. The van der Waals surface area contributed by atoms with Crippen molar-refractivity contribution in [1.82, 2.24) is 5.32 Å². The number of hydrogen-bond acceptors (Lipinski definition) is 5. The molecule has 0 radical (unpaired) electrons. The molecule has 0 saturated heterocycles. The van der Waals surface area contributed by atoms with E-state index < -0.39 is 6.10 Å². The molecule has 28 heavy (non-hydrogen) atoms. The van der Waals surface area contributed by atoms with Crippen molar-refractivity contribution in [2.45, 2.75) is 77.5 Å². The first-order chi connectivity index (χ1) is 13.4. The fourth-order valence-electron chi connectivity index (χ4n) is 3.79. The van der Waals surface area contributed by atoms with Crippen LogP contribution in [0.1, 0.15) is 57.1 Å². The third kappa shape index (κ3) is 4.55. The maximum Gasteiger partial charge on any atom is 0.336 e. The van der Waals surface area contributed by atoms with Gasteiger partial charge in [-0.2, -0.15) is 0 Å². The van der Waals surface area contributed by atoms with Gasteiger partial charge in [-0.1, -0.05) is 13.3 Å². The van der Waals surface area contributed by atoms with E-state index in [0.29, 0.717) is 29.7 Å². The highest BCUT2D eigenvalue weighted by Gasteiger charge is 2.24. The zero-order chi connectivity index (χ0) is 20.3. The second-order valence-electron chi connectivity index (χ2n) is 7.68. The molecule has 1 heterocycles. The molecule has 0 aliphatic heterocycles. The third-order valence-electron chi connectivity index (χ3n) is 5.43. The monoisotopic (exact) mass is 387 g/mol. The molecule has 152 valence electrons. The Bertz CT molecular complexity index is 896. The van der Waals surface area contributed by atoms with E-state index in [9.17, 15) is 14.7 Å². The fourth-order valence-corrected chi connectivity index (χ4v) is 3.79. The lowest BCUT2D eigenvalue weighted by molar-refractivity contribution is -0.128. The second-order valence-corrected chi connectivity index (χ2v) is 7.68. The Morgan fingerprint density at radius 2 is 2.04 bits per heavy atom. The molecule has 0 spiro atoms. The van der Waals surface area contributed by atoms with Crippen molar-refractivity contribution in [1.29, 1.82) is 0 Å². The number of nitrogens with one attached hydrogen (secondary N) is 1. The minimum atomic E-state index is -0.673. The highest BCUT2D eigenvalue weighted by molar-refractivity contribution is 5.85. The summed E-state index contributed by atoms with van der Waals surface area (Å²) in [5, 5.41) is 13.5. The molecule has 1 aromatic heterocycles. The number of rotatable bonds is 6. The lowest BCUT2D eigenvalue weighted by Crippen LogP contribution is -2.44. The quantitative estimate of drug-likeness (QED) is 0.743. The standard InChI is InChI=1S/C22H29NO5/c1-4-5-15-12-20(25)28-21-13(2)19(11-10-18(15)21)27-14(3)22(26)23-16-6-8-17(24)9-7-16/h10-12,14,16-17,24H,4-9H2,1-3H3,(H,23,26). The van der Waals surface area contributed by atoms with E-state index in [4.69, 9.17) is 9.15 Å². The van der Waals surface area contributed by atoms with Crippen molar-refractivity contribution in [3.8, 4) is 5.75 Å². The van der Waals surface area contributed by atoms with E-state index in [1.807, 2.05) is 19.1 Å². The molecule has 2 N–H and O–H groups in total. The molecule has 1 fully saturated rings. The van der Waals surface area contributed by atoms with Crippen LogP contribution in [0.15, 0.2) is 27.4 Å². The van der Waals surface area contributed by atoms with Crippen molar-refractivity contribution < 1.29 is 19.1 Å². The number of hydrogen-bond donors (Lipinski definition) is 2. The number of aliphatic hydroxyl groups excluding tert-OH is 1. The number of carbonyl (C=O) groups excluding carboxylic acids is 1. The highest BCUT2D eigenvalue weighted by Crippen LogP contribution is 2.29. The summed E-state index contributed by atoms with van der Waals surface area (Å²) >= 11 is 0. The summed E-state index contributed by atoms with van der Waals surface area (Å²) in [6.45, 7) is 5.61. The zero-order valence-corrected chi connectivity index (χ0v) is 16.8. The summed E-state index contributed by atoms with van der Waals surface area (Å²) in [5.41, 5.74) is 1.82. The van der Waals surface area contributed by atoms with E-state index >= 15 is 0 Å². The van der Waals surface area contributed by atoms with Crippen LogP contribution in [0.3, 0.4) is 0 Å². The minimum absolute atomic E-state index is 0.0780. The van der Waals surface area contributed by atoms with Crippen LogP contribution in [0.25, 0.3) is 11.0 Å². The van der Waals surface area contributed by atoms with Gasteiger partial charge in [-0.15, -0.1) is 0 Å². The zero-order valence-electron chi connectivity index (χ0n) is 16.8. The molecule has 6 heteroatoms. The van der Waals surface area contributed by atoms with Gasteiger partial charge in [0, 0.05) is 23.1 Å². The van der Waals surface area contributed by atoms with Crippen molar-refractivity contribution in [2.75, 3.05) is 0 Å². The first kappa shape index (κ1) is 20.4. The number of amides is 1. The van der Waals surface area contributed by atoms with Crippen LogP contribution in [0.5, 0.6) is 5.75 Å². The highest BCUT2D eigenvalue weighted by atomic mass is 16.5. The predicted octanol–water partition coefficient (Wildman–Crippen LogP) is 3.24. The lowest BCUT2D eigenvalue weighted by atomic mass is 9.93. The maximum absolute atomic E-state index is 12.5. The number of fused-ring (bicyclic) bond motifs is 1. The van der Waals surface area contributed by atoms with E-state index in [1.165, 1.54) is 0 Å². The smallest absolute Gasteiger partial charge is 0.336 e. The number of benzene rings is 1. The van der Waals surface area contributed by atoms with Gasteiger partial charge in [-0.3, -0.25) is 4.79 Å². The lowest BCUT2D eigenvalue weighted by Gasteiger charge is -2.27. The van der Waals surface area contributed by atoms with Gasteiger partial charge < -0.3 is 19.6 Å². The molecule has 1 aliphatic rings. The Morgan fingerprint density at radius 1 is 1.32 bits per heavy atom. The van der Waals surface area contributed by atoms with Crippen LogP contribution in [0, 0.1) is 6.92 Å². The Morgan fingerprint density at radius 3 is 2.71 bits per heavy atom. The SMILES string of the molecule is CCCc1cc(=O)oc2c(C)c(OC(C)C(=O)NC3CCC(O)CC3)ccc12. The summed E-state index contributed by atoms with van der Waals surface area (Å²) in [6, 6.07) is 5.34. The summed E-state index contributed by atoms with van der Waals surface area (Å²) < 4.78 is 11.3. The maximum atomic E-state index is 12.5. The van der Waals surface area contributed by atoms with E-state index in [2.05, 4.69) is 12.2 Å². The van der Waals surface area contributed by atoms with Gasteiger partial charge in [0.25, 0.3) is 5.91 Å². The van der Waals surface area contributed by atoms with Crippen molar-refractivity contribution >= 4 is 16.9 Å². The molecular weight excluding hydrogens is 358 g/mol. The Hall–Kier alpha value is -2.34. The summed E-state index contributed by atoms with van der Waals surface area (Å²) in [6.07, 6.45) is 3.79. The van der Waals surface area contributed by atoms with E-state index in [0.717, 1.165) is 36.6 Å². The fraction of sp³-hybridized carbons (Fsp3) is 0.545. The molecule has 0 bridgehead atoms. The Balaban J connectivity index is 1.75. The van der Waals surface area contributed by atoms with Crippen molar-refractivity contribution in [3.63, 3.8) is 0 Å². The largest absolute Gasteiger partial charge is 0.480 e. The van der Waals surface area contributed by atoms with Crippen LogP contribution >= 0.6 is 0 Å². The van der Waals surface area contributed by atoms with Gasteiger partial charge in [-0.05, 0) is 63.6 Å². The van der Waals surface area contributed by atoms with Gasteiger partial charge in [-0.25, -0.2) is 4.79 Å². The van der Waals surface area contributed by atoms with Crippen LogP contribution in [-0.2, 0) is 11.2 Å². The van der Waals surface area contributed by atoms with Gasteiger partial charge in [0.2, 0.25) is 0 Å². The molecule has 1 aromatic carbocycles. The topological polar surface area (TPSA) is 88.8 Å². The molecule has 2 aromatic rings. The van der Waals surface area contributed by atoms with E-state index in [1.54, 1.807) is 13.0 Å². The van der Waals surface area contributed by atoms with Crippen LogP contribution in [0.4, 0.5) is 0 Å². The summed E-state index contributed by atoms with van der Waals surface area (Å²) in [5.74, 6) is 0.355. The molecule has 1 aliphatic carbocycles. The first-order valence-corrected chi connectivity index (χ1v) is 10.1. The van der Waals surface area contributed by atoms with Crippen LogP contribution in [-0.4, -0.2) is 29.3 Å². The number of aliphatic hydroxyl groups is 1. The van der Waals surface area contributed by atoms with E-state index in [-0.39, 0.29) is 23.7 Å². The third-order valence-corrected chi connectivity index (χ3v) is 5.43. The number of aryl methyl sites for hydroxylation is 2. The van der Waals surface area contributed by atoms with Gasteiger partial charge >= 0.3 is 5.63 Å². The number of carbonyl (C=O) groups is 1. The van der Waals surface area contributed by atoms with Crippen molar-refractivity contribution in [3.05, 3.63) is 39.7 Å². The molecule has 1 saturated carbocycles. The predicted molar refractivity (Wildman–Crippen MR) is 108 cm³/mol. The minimum Gasteiger partial charge on any atom is -0.480 e. The Kier molecular flexibility index (Phi) is 6.39. The Labute approximate surface area is 164 Å². The van der Waals surface area contributed by atoms with Crippen molar-refractivity contribution in [2.24, 2.45) is 0 Å². The normalized spacial score (nSPS) is 20.7. The first-order valence-electron chi connectivity index (χ1n) is 10.1. The van der Waals surface area contributed by atoms with Gasteiger partial charge in [0.05, 0.1) is 6.10 Å². The average Bonchev–Trinajstić information content (AvgIpc) is 2.66. The van der Waals surface area contributed by atoms with Gasteiger partial charge in [0.15, 0.2) is 6.10 Å².